The summed E-state index contributed by atoms with van der Waals surface area (Å²) in [5, 5.41) is 3.90. The zero-order valence-electron chi connectivity index (χ0n) is 14.9. The number of benzene rings is 1. The third-order valence-corrected chi connectivity index (χ3v) is 4.51. The van der Waals surface area contributed by atoms with E-state index in [0.717, 1.165) is 16.5 Å². The number of carbonyl (C=O) groups excluding carboxylic acids is 2. The summed E-state index contributed by atoms with van der Waals surface area (Å²) in [6, 6.07) is 7.39. The average molecular weight is 343 g/mol. The van der Waals surface area contributed by atoms with Crippen LogP contribution in [0.2, 0.25) is 0 Å². The van der Waals surface area contributed by atoms with Crippen LogP contribution >= 0.6 is 0 Å². The molecule has 6 nitrogen and oxygen atoms in total. The molecule has 2 N–H and O–H groups in total. The highest BCUT2D eigenvalue weighted by molar-refractivity contribution is 5.89. The van der Waals surface area contributed by atoms with E-state index in [2.05, 4.69) is 10.3 Å². The number of rotatable bonds is 4. The minimum Gasteiger partial charge on any atom is -0.372 e. The first-order valence-electron chi connectivity index (χ1n) is 8.70. The zero-order chi connectivity index (χ0) is 18.0. The van der Waals surface area contributed by atoms with E-state index in [-0.39, 0.29) is 24.0 Å². The van der Waals surface area contributed by atoms with Crippen molar-refractivity contribution in [2.45, 2.75) is 45.4 Å². The lowest BCUT2D eigenvalue weighted by molar-refractivity contribution is -0.146. The van der Waals surface area contributed by atoms with Crippen molar-refractivity contribution in [3.05, 3.63) is 36.0 Å². The van der Waals surface area contributed by atoms with E-state index in [9.17, 15) is 9.59 Å². The van der Waals surface area contributed by atoms with E-state index in [4.69, 9.17) is 4.74 Å². The average Bonchev–Trinajstić information content (AvgIpc) is 2.95. The van der Waals surface area contributed by atoms with Crippen molar-refractivity contribution in [1.29, 1.82) is 0 Å². The largest absolute Gasteiger partial charge is 0.372 e. The molecule has 3 unspecified atom stereocenters. The Balaban J connectivity index is 1.81. The van der Waals surface area contributed by atoms with Gasteiger partial charge in [-0.2, -0.15) is 0 Å². The minimum atomic E-state index is -0.575. The summed E-state index contributed by atoms with van der Waals surface area (Å²) in [6.07, 6.45) is 2.37. The van der Waals surface area contributed by atoms with Crippen LogP contribution in [-0.2, 0) is 20.7 Å². The Kier molecular flexibility index (Phi) is 5.08. The van der Waals surface area contributed by atoms with E-state index < -0.39 is 6.04 Å². The molecule has 1 saturated heterocycles. The fraction of sp³-hybridized carbons (Fsp3) is 0.474. The topological polar surface area (TPSA) is 74.4 Å². The molecule has 3 atom stereocenters. The zero-order valence-corrected chi connectivity index (χ0v) is 14.9. The molecular weight excluding hydrogens is 318 g/mol. The summed E-state index contributed by atoms with van der Waals surface area (Å²) in [6.45, 7) is 6.46. The maximum Gasteiger partial charge on any atom is 0.245 e. The van der Waals surface area contributed by atoms with Crippen molar-refractivity contribution >= 4 is 22.7 Å². The number of aromatic nitrogens is 1. The second-order valence-electron chi connectivity index (χ2n) is 6.82. The van der Waals surface area contributed by atoms with Crippen LogP contribution in [-0.4, -0.2) is 53.0 Å². The summed E-state index contributed by atoms with van der Waals surface area (Å²) in [4.78, 5) is 29.7. The smallest absolute Gasteiger partial charge is 0.245 e. The maximum absolute atomic E-state index is 13.0. The van der Waals surface area contributed by atoms with Crippen molar-refractivity contribution in [2.24, 2.45) is 0 Å². The molecule has 1 aromatic carbocycles. The fourth-order valence-electron chi connectivity index (χ4n) is 3.54. The maximum atomic E-state index is 13.0. The highest BCUT2D eigenvalue weighted by Crippen LogP contribution is 2.20. The van der Waals surface area contributed by atoms with Gasteiger partial charge in [-0.05, 0) is 25.5 Å². The normalized spacial score (nSPS) is 22.0. The number of amides is 2. The first-order valence-corrected chi connectivity index (χ1v) is 8.70. The van der Waals surface area contributed by atoms with Gasteiger partial charge in [0, 0.05) is 43.5 Å². The number of ether oxygens (including phenoxy) is 1. The van der Waals surface area contributed by atoms with Crippen molar-refractivity contribution in [3.63, 3.8) is 0 Å². The molecule has 2 heterocycles. The Morgan fingerprint density at radius 1 is 1.28 bits per heavy atom. The van der Waals surface area contributed by atoms with Gasteiger partial charge in [0.1, 0.15) is 6.04 Å². The van der Waals surface area contributed by atoms with Gasteiger partial charge in [-0.1, -0.05) is 18.2 Å². The number of fused-ring (bicyclic) bond motifs is 1. The number of hydrogen-bond acceptors (Lipinski definition) is 3. The third kappa shape index (κ3) is 4.02. The number of morpholine rings is 1. The predicted octanol–water partition coefficient (Wildman–Crippen LogP) is 1.85. The van der Waals surface area contributed by atoms with Crippen LogP contribution in [0, 0.1) is 0 Å². The number of para-hydroxylation sites is 1. The highest BCUT2D eigenvalue weighted by Gasteiger charge is 2.31. The van der Waals surface area contributed by atoms with Crippen molar-refractivity contribution in [1.82, 2.24) is 15.2 Å². The highest BCUT2D eigenvalue weighted by atomic mass is 16.5. The van der Waals surface area contributed by atoms with Crippen molar-refractivity contribution in [3.8, 4) is 0 Å². The van der Waals surface area contributed by atoms with Crippen LogP contribution in [0.1, 0.15) is 26.3 Å². The van der Waals surface area contributed by atoms with E-state index in [1.54, 1.807) is 4.90 Å². The van der Waals surface area contributed by atoms with Gasteiger partial charge in [0.25, 0.3) is 0 Å². The van der Waals surface area contributed by atoms with Gasteiger partial charge < -0.3 is 19.9 Å². The van der Waals surface area contributed by atoms with Gasteiger partial charge in [0.2, 0.25) is 11.8 Å². The minimum absolute atomic E-state index is 0.00114. The van der Waals surface area contributed by atoms with Crippen LogP contribution in [0.25, 0.3) is 10.9 Å². The van der Waals surface area contributed by atoms with Crippen LogP contribution in [0.5, 0.6) is 0 Å². The first-order chi connectivity index (χ1) is 11.9. The molecule has 0 spiro atoms. The van der Waals surface area contributed by atoms with Crippen molar-refractivity contribution in [2.75, 3.05) is 13.1 Å². The Hall–Kier alpha value is -2.34. The molecule has 1 aromatic heterocycles. The molecule has 1 fully saturated rings. The lowest BCUT2D eigenvalue weighted by atomic mass is 10.0. The monoisotopic (exact) mass is 343 g/mol. The van der Waals surface area contributed by atoms with Crippen molar-refractivity contribution < 1.29 is 14.3 Å². The fourth-order valence-corrected chi connectivity index (χ4v) is 3.54. The van der Waals surface area contributed by atoms with Crippen LogP contribution in [0.15, 0.2) is 30.5 Å². The third-order valence-electron chi connectivity index (χ3n) is 4.51. The van der Waals surface area contributed by atoms with Crippen LogP contribution in [0.3, 0.4) is 0 Å². The molecule has 2 aromatic rings. The summed E-state index contributed by atoms with van der Waals surface area (Å²) in [5.74, 6) is -0.255. The summed E-state index contributed by atoms with van der Waals surface area (Å²) in [5.41, 5.74) is 2.05. The standard InChI is InChI=1S/C19H25N3O3/c1-12-10-22(11-13(2)25-12)19(24)18(21-14(3)23)8-15-9-20-17-7-5-4-6-16(15)17/h4-7,9,12-13,18,20H,8,10-11H2,1-3H3,(H,21,23). The molecule has 0 bridgehead atoms. The molecule has 0 radical (unpaired) electrons. The Labute approximate surface area is 147 Å². The lowest BCUT2D eigenvalue weighted by Gasteiger charge is -2.37. The van der Waals surface area contributed by atoms with Gasteiger partial charge in [-0.25, -0.2) is 0 Å². The molecular formula is C19H25N3O3. The van der Waals surface area contributed by atoms with E-state index in [1.807, 2.05) is 44.3 Å². The predicted molar refractivity (Wildman–Crippen MR) is 96.2 cm³/mol. The van der Waals surface area contributed by atoms with E-state index >= 15 is 0 Å². The molecule has 3 rings (SSSR count). The van der Waals surface area contributed by atoms with Gasteiger partial charge in [-0.3, -0.25) is 9.59 Å². The molecule has 0 saturated carbocycles. The SMILES string of the molecule is CC(=O)NC(Cc1c[nH]c2ccccc12)C(=O)N1CC(C)OC(C)C1. The van der Waals surface area contributed by atoms with Gasteiger partial charge >= 0.3 is 0 Å². The van der Waals surface area contributed by atoms with Crippen LogP contribution in [0.4, 0.5) is 0 Å². The summed E-state index contributed by atoms with van der Waals surface area (Å²) < 4.78 is 5.70. The summed E-state index contributed by atoms with van der Waals surface area (Å²) in [7, 11) is 0. The molecule has 0 aliphatic carbocycles. The Morgan fingerprint density at radius 2 is 1.96 bits per heavy atom. The lowest BCUT2D eigenvalue weighted by Crippen LogP contribution is -2.55. The molecule has 1 aliphatic rings. The number of carbonyl (C=O) groups is 2. The molecule has 6 heteroatoms. The molecule has 134 valence electrons. The number of aromatic amines is 1. The van der Waals surface area contributed by atoms with Crippen LogP contribution < -0.4 is 5.32 Å². The van der Waals surface area contributed by atoms with Gasteiger partial charge in [0.15, 0.2) is 0 Å². The number of H-pyrrole nitrogens is 1. The second kappa shape index (κ2) is 7.27. The number of nitrogens with one attached hydrogen (secondary N) is 2. The molecule has 1 aliphatic heterocycles. The Morgan fingerprint density at radius 3 is 2.64 bits per heavy atom. The molecule has 2 amide bonds. The van der Waals surface area contributed by atoms with Gasteiger partial charge in [-0.15, -0.1) is 0 Å². The second-order valence-corrected chi connectivity index (χ2v) is 6.82. The quantitative estimate of drug-likeness (QED) is 0.890. The van der Waals surface area contributed by atoms with E-state index in [0.29, 0.717) is 19.5 Å². The number of hydrogen-bond donors (Lipinski definition) is 2. The summed E-state index contributed by atoms with van der Waals surface area (Å²) >= 11 is 0. The Bertz CT molecular complexity index is 760. The number of nitrogens with zero attached hydrogens (tertiary/aromatic N) is 1. The first kappa shape index (κ1) is 17.5. The van der Waals surface area contributed by atoms with Gasteiger partial charge in [0.05, 0.1) is 12.2 Å². The molecule has 25 heavy (non-hydrogen) atoms. The van der Waals surface area contributed by atoms with E-state index in [1.165, 1.54) is 6.92 Å².